The highest BCUT2D eigenvalue weighted by Crippen LogP contribution is 2.40. The molecule has 0 spiro atoms. The molecule has 35 heavy (non-hydrogen) atoms. The van der Waals surface area contributed by atoms with Crippen molar-refractivity contribution in [2.24, 2.45) is 0 Å². The van der Waals surface area contributed by atoms with Crippen molar-refractivity contribution in [1.82, 2.24) is 5.32 Å². The summed E-state index contributed by atoms with van der Waals surface area (Å²) in [6, 6.07) is 11.3. The first-order valence-corrected chi connectivity index (χ1v) is 12.2. The van der Waals surface area contributed by atoms with E-state index in [-0.39, 0.29) is 16.2 Å². The maximum atomic E-state index is 13.5. The number of anilines is 2. The van der Waals surface area contributed by atoms with Crippen molar-refractivity contribution in [1.29, 1.82) is 0 Å². The molecule has 2 aromatic carbocycles. The lowest BCUT2D eigenvalue weighted by Crippen LogP contribution is -2.54. The van der Waals surface area contributed by atoms with Crippen LogP contribution < -0.4 is 19.9 Å². The molecule has 1 N–H and O–H groups in total. The minimum Gasteiger partial charge on any atom is -0.494 e. The fourth-order valence-corrected chi connectivity index (χ4v) is 5.16. The molecule has 0 aromatic heterocycles. The van der Waals surface area contributed by atoms with Crippen LogP contribution in [0.1, 0.15) is 51.3 Å². The van der Waals surface area contributed by atoms with Gasteiger partial charge in [-0.2, -0.15) is 0 Å². The summed E-state index contributed by atoms with van der Waals surface area (Å²) in [5, 5.41) is 2.72. The first-order valence-electron chi connectivity index (χ1n) is 11.8. The summed E-state index contributed by atoms with van der Waals surface area (Å²) in [6.07, 6.45) is 3.93. The fourth-order valence-electron chi connectivity index (χ4n) is 4.88. The number of amides is 2. The molecular weight excluding hydrogens is 458 g/mol. The van der Waals surface area contributed by atoms with E-state index in [0.29, 0.717) is 18.0 Å². The van der Waals surface area contributed by atoms with Crippen molar-refractivity contribution in [2.45, 2.75) is 47.1 Å². The van der Waals surface area contributed by atoms with E-state index in [1.54, 1.807) is 30.3 Å². The van der Waals surface area contributed by atoms with Crippen LogP contribution in [-0.4, -0.2) is 35.6 Å². The van der Waals surface area contributed by atoms with E-state index in [0.717, 1.165) is 28.9 Å². The summed E-state index contributed by atoms with van der Waals surface area (Å²) in [6.45, 7) is 14.0. The Bertz CT molecular complexity index is 1280. The Kier molecular flexibility index (Phi) is 6.56. The minimum absolute atomic E-state index is 0.0423. The number of hydrogen-bond acceptors (Lipinski definition) is 5. The second-order valence-electron chi connectivity index (χ2n) is 9.34. The molecule has 0 atom stereocenters. The summed E-state index contributed by atoms with van der Waals surface area (Å²) in [4.78, 5) is 30.0. The quantitative estimate of drug-likeness (QED) is 0.353. The molecule has 0 saturated carbocycles. The number of fused-ring (bicyclic) bond motifs is 1. The van der Waals surface area contributed by atoms with Crippen LogP contribution in [-0.2, 0) is 9.59 Å². The van der Waals surface area contributed by atoms with E-state index in [9.17, 15) is 9.59 Å². The summed E-state index contributed by atoms with van der Waals surface area (Å²) >= 11 is 5.34. The number of rotatable bonds is 5. The van der Waals surface area contributed by atoms with Crippen molar-refractivity contribution in [3.63, 3.8) is 0 Å². The lowest BCUT2D eigenvalue weighted by atomic mass is 9.86. The molecule has 2 aromatic rings. The summed E-state index contributed by atoms with van der Waals surface area (Å²) in [5.41, 5.74) is 5.76. The Morgan fingerprint density at radius 2 is 1.77 bits per heavy atom. The van der Waals surface area contributed by atoms with Gasteiger partial charge < -0.3 is 9.64 Å². The lowest BCUT2D eigenvalue weighted by molar-refractivity contribution is -0.122. The molecule has 6 nitrogen and oxygen atoms in total. The third-order valence-corrected chi connectivity index (χ3v) is 6.77. The highest BCUT2D eigenvalue weighted by Gasteiger charge is 2.35. The van der Waals surface area contributed by atoms with Crippen molar-refractivity contribution in [2.75, 3.05) is 23.0 Å². The fraction of sp³-hybridized carbons (Fsp3) is 0.321. The van der Waals surface area contributed by atoms with Gasteiger partial charge in [0, 0.05) is 17.8 Å². The highest BCUT2D eigenvalue weighted by atomic mass is 32.1. The number of benzene rings is 2. The molecule has 0 radical (unpaired) electrons. The molecule has 182 valence electrons. The predicted octanol–water partition coefficient (Wildman–Crippen LogP) is 5.25. The van der Waals surface area contributed by atoms with Gasteiger partial charge in [-0.1, -0.05) is 6.08 Å². The normalized spacial score (nSPS) is 18.4. The zero-order chi connectivity index (χ0) is 25.5. The standard InChI is InChI=1S/C28H31N3O3S/c1-7-30-24-13-17(3)19(14-22(24)18(4)16-28(30,5)6)15-23-25(32)29-27(35)31(26(23)33)20-9-11-21(12-10-20)34-8-2/h9-16H,7-8H2,1-6H3,(H,29,32,35)/b23-15+. The van der Waals surface area contributed by atoms with Crippen LogP contribution in [0.15, 0.2) is 48.0 Å². The predicted molar refractivity (Wildman–Crippen MR) is 146 cm³/mol. The minimum atomic E-state index is -0.497. The van der Waals surface area contributed by atoms with Crippen LogP contribution in [0.2, 0.25) is 0 Å². The Morgan fingerprint density at radius 1 is 1.09 bits per heavy atom. The molecular formula is C28H31N3O3S. The zero-order valence-electron chi connectivity index (χ0n) is 21.1. The number of nitrogens with zero attached hydrogens (tertiary/aromatic N) is 2. The van der Waals surface area contributed by atoms with Gasteiger partial charge in [-0.15, -0.1) is 0 Å². The topological polar surface area (TPSA) is 61.9 Å². The number of carbonyl (C=O) groups is 2. The SMILES string of the molecule is CCOc1ccc(N2C(=O)/C(=C/c3cc4c(cc3C)N(CC)C(C)(C)C=C4C)C(=O)NC2=S)cc1. The van der Waals surface area contributed by atoms with E-state index in [1.165, 1.54) is 10.5 Å². The number of carbonyl (C=O) groups excluding carboxylic acids is 2. The van der Waals surface area contributed by atoms with Gasteiger partial charge in [0.2, 0.25) is 0 Å². The number of allylic oxidation sites excluding steroid dienone is 1. The summed E-state index contributed by atoms with van der Waals surface area (Å²) < 4.78 is 5.49. The molecule has 1 saturated heterocycles. The van der Waals surface area contributed by atoms with E-state index < -0.39 is 11.8 Å². The molecule has 7 heteroatoms. The number of thiocarbonyl (C=S) groups is 1. The Labute approximate surface area is 212 Å². The number of aryl methyl sites for hydroxylation is 1. The monoisotopic (exact) mass is 489 g/mol. The lowest BCUT2D eigenvalue weighted by Gasteiger charge is -2.43. The number of ether oxygens (including phenoxy) is 1. The zero-order valence-corrected chi connectivity index (χ0v) is 21.9. The smallest absolute Gasteiger partial charge is 0.270 e. The van der Waals surface area contributed by atoms with Gasteiger partial charge in [0.25, 0.3) is 11.8 Å². The third-order valence-electron chi connectivity index (χ3n) is 6.49. The van der Waals surface area contributed by atoms with Gasteiger partial charge in [0.15, 0.2) is 5.11 Å². The van der Waals surface area contributed by atoms with Crippen LogP contribution in [0, 0.1) is 6.92 Å². The highest BCUT2D eigenvalue weighted by molar-refractivity contribution is 7.80. The number of hydrogen-bond donors (Lipinski definition) is 1. The molecule has 2 aliphatic heterocycles. The molecule has 0 aliphatic carbocycles. The second-order valence-corrected chi connectivity index (χ2v) is 9.72. The summed E-state index contributed by atoms with van der Waals surface area (Å²) in [5.74, 6) is -0.254. The average Bonchev–Trinajstić information content (AvgIpc) is 2.78. The maximum absolute atomic E-state index is 13.5. The Hall–Kier alpha value is -3.45. The van der Waals surface area contributed by atoms with Crippen LogP contribution in [0.25, 0.3) is 11.6 Å². The maximum Gasteiger partial charge on any atom is 0.270 e. The van der Waals surface area contributed by atoms with Crippen molar-refractivity contribution in [3.05, 3.63) is 64.7 Å². The van der Waals surface area contributed by atoms with Crippen LogP contribution in [0.3, 0.4) is 0 Å². The average molecular weight is 490 g/mol. The molecule has 0 unspecified atom stereocenters. The van der Waals surface area contributed by atoms with Gasteiger partial charge in [-0.25, -0.2) is 0 Å². The second kappa shape index (κ2) is 9.30. The van der Waals surface area contributed by atoms with Crippen LogP contribution in [0.5, 0.6) is 5.75 Å². The van der Waals surface area contributed by atoms with E-state index in [2.05, 4.69) is 56.1 Å². The molecule has 2 aliphatic rings. The van der Waals surface area contributed by atoms with Gasteiger partial charge in [0.1, 0.15) is 11.3 Å². The van der Waals surface area contributed by atoms with Crippen LogP contribution in [0.4, 0.5) is 11.4 Å². The van der Waals surface area contributed by atoms with Gasteiger partial charge in [0.05, 0.1) is 17.8 Å². The first-order chi connectivity index (χ1) is 16.6. The van der Waals surface area contributed by atoms with Crippen molar-refractivity contribution >= 4 is 52.2 Å². The number of likely N-dealkylation sites (N-methyl/N-ethyl adjacent to an activating group) is 1. The third kappa shape index (κ3) is 4.48. The Balaban J connectivity index is 1.75. The van der Waals surface area contributed by atoms with Crippen LogP contribution >= 0.6 is 12.2 Å². The van der Waals surface area contributed by atoms with E-state index >= 15 is 0 Å². The van der Waals surface area contributed by atoms with Gasteiger partial charge >= 0.3 is 0 Å². The molecule has 2 amide bonds. The van der Waals surface area contributed by atoms with Crippen molar-refractivity contribution < 1.29 is 14.3 Å². The van der Waals surface area contributed by atoms with E-state index in [1.807, 2.05) is 13.8 Å². The van der Waals surface area contributed by atoms with Gasteiger partial charge in [-0.3, -0.25) is 19.8 Å². The molecule has 0 bridgehead atoms. The van der Waals surface area contributed by atoms with Crippen molar-refractivity contribution in [3.8, 4) is 5.75 Å². The Morgan fingerprint density at radius 3 is 2.40 bits per heavy atom. The largest absolute Gasteiger partial charge is 0.494 e. The number of nitrogens with one attached hydrogen (secondary N) is 1. The first kappa shape index (κ1) is 24.7. The summed E-state index contributed by atoms with van der Waals surface area (Å²) in [7, 11) is 0. The molecule has 4 rings (SSSR count). The van der Waals surface area contributed by atoms with Gasteiger partial charge in [-0.05, 0) is 113 Å². The molecule has 1 fully saturated rings. The van der Waals surface area contributed by atoms with E-state index in [4.69, 9.17) is 17.0 Å². The molecule has 2 heterocycles.